The van der Waals surface area contributed by atoms with Crippen molar-refractivity contribution >= 4 is 5.91 Å². The van der Waals surface area contributed by atoms with Crippen molar-refractivity contribution in [2.45, 2.75) is 52.3 Å². The average molecular weight is 292 g/mol. The molecule has 0 unspecified atom stereocenters. The molecule has 0 aromatic carbocycles. The fraction of sp³-hybridized carbons (Fsp3) is 0.929. The first kappa shape index (κ1) is 15.6. The third kappa shape index (κ3) is 2.67. The van der Waals surface area contributed by atoms with E-state index in [-0.39, 0.29) is 23.4 Å². The molecule has 0 aromatic heterocycles. The first-order valence-corrected chi connectivity index (χ1v) is 7.13. The molecule has 0 spiro atoms. The van der Waals surface area contributed by atoms with Crippen LogP contribution in [-0.4, -0.2) is 31.2 Å². The van der Waals surface area contributed by atoms with Crippen molar-refractivity contribution in [3.63, 3.8) is 0 Å². The van der Waals surface area contributed by atoms with E-state index in [1.54, 1.807) is 0 Å². The van der Waals surface area contributed by atoms with Crippen LogP contribution >= 0.6 is 0 Å². The van der Waals surface area contributed by atoms with Gasteiger partial charge < -0.3 is 10.6 Å². The molecule has 2 bridgehead atoms. The minimum atomic E-state index is -4.35. The Bertz CT molecular complexity index is 394. The number of hydrogen-bond acceptors (Lipinski definition) is 2. The van der Waals surface area contributed by atoms with Crippen molar-refractivity contribution in [2.24, 2.45) is 16.7 Å². The van der Waals surface area contributed by atoms with Gasteiger partial charge in [0.25, 0.3) is 0 Å². The summed E-state index contributed by atoms with van der Waals surface area (Å²) in [4.78, 5) is 11.4. The molecule has 3 nitrogen and oxygen atoms in total. The Morgan fingerprint density at radius 3 is 2.40 bits per heavy atom. The molecule has 1 amide bonds. The van der Waals surface area contributed by atoms with E-state index in [1.807, 2.05) is 5.32 Å². The Kier molecular flexibility index (Phi) is 3.82. The summed E-state index contributed by atoms with van der Waals surface area (Å²) in [5, 5.41) is 5.06. The molecule has 0 saturated heterocycles. The number of carbonyl (C=O) groups excluding carboxylic acids is 1. The number of nitrogens with one attached hydrogen (secondary N) is 2. The van der Waals surface area contributed by atoms with Crippen LogP contribution in [0.2, 0.25) is 0 Å². The second-order valence-electron chi connectivity index (χ2n) is 6.94. The van der Waals surface area contributed by atoms with Gasteiger partial charge in [-0.15, -0.1) is 0 Å². The zero-order chi connectivity index (χ0) is 15.2. The van der Waals surface area contributed by atoms with Crippen molar-refractivity contribution in [3.8, 4) is 0 Å². The molecule has 0 heterocycles. The third-order valence-corrected chi connectivity index (χ3v) is 5.79. The molecule has 20 heavy (non-hydrogen) atoms. The molecule has 116 valence electrons. The summed E-state index contributed by atoms with van der Waals surface area (Å²) in [6, 6.07) is 0.216. The highest BCUT2D eigenvalue weighted by atomic mass is 19.4. The Labute approximate surface area is 117 Å². The number of fused-ring (bicyclic) bond motifs is 2. The molecule has 2 aliphatic rings. The summed E-state index contributed by atoms with van der Waals surface area (Å²) in [7, 11) is 0. The van der Waals surface area contributed by atoms with Gasteiger partial charge in [-0.3, -0.25) is 4.79 Å². The summed E-state index contributed by atoms with van der Waals surface area (Å²) in [6.07, 6.45) is -1.01. The third-order valence-electron chi connectivity index (χ3n) is 5.79. The van der Waals surface area contributed by atoms with Crippen LogP contribution in [0.15, 0.2) is 0 Å². The summed E-state index contributed by atoms with van der Waals surface area (Å²) >= 11 is 0. The topological polar surface area (TPSA) is 41.1 Å². The van der Waals surface area contributed by atoms with Crippen LogP contribution in [0, 0.1) is 16.7 Å². The van der Waals surface area contributed by atoms with Crippen molar-refractivity contribution in [2.75, 3.05) is 13.1 Å². The van der Waals surface area contributed by atoms with Gasteiger partial charge in [0.05, 0.1) is 6.54 Å². The predicted octanol–water partition coefficient (Wildman–Crippen LogP) is 2.47. The van der Waals surface area contributed by atoms with Crippen molar-refractivity contribution < 1.29 is 18.0 Å². The lowest BCUT2D eigenvalue weighted by Gasteiger charge is -2.39. The number of halogens is 3. The highest BCUT2D eigenvalue weighted by Crippen LogP contribution is 2.65. The number of amides is 1. The smallest absolute Gasteiger partial charge is 0.346 e. The van der Waals surface area contributed by atoms with Gasteiger partial charge in [-0.1, -0.05) is 20.8 Å². The SMILES string of the molecule is CC1(C)[C@H]2CC[C@@]1(C)[C@H](NCC(=O)NCC(F)(F)F)C2. The number of rotatable bonds is 4. The highest BCUT2D eigenvalue weighted by molar-refractivity contribution is 5.78. The molecule has 3 atom stereocenters. The lowest BCUT2D eigenvalue weighted by atomic mass is 9.69. The minimum absolute atomic E-state index is 0.0425. The second-order valence-corrected chi connectivity index (χ2v) is 6.94. The van der Waals surface area contributed by atoms with E-state index in [0.717, 1.165) is 12.8 Å². The van der Waals surface area contributed by atoms with E-state index in [1.165, 1.54) is 6.42 Å². The maximum absolute atomic E-state index is 12.0. The minimum Gasteiger partial charge on any atom is -0.346 e. The van der Waals surface area contributed by atoms with E-state index < -0.39 is 18.6 Å². The van der Waals surface area contributed by atoms with Crippen LogP contribution in [-0.2, 0) is 4.79 Å². The van der Waals surface area contributed by atoms with Gasteiger partial charge in [-0.2, -0.15) is 13.2 Å². The standard InChI is InChI=1S/C14H23F3N2O/c1-12(2)9-4-5-13(12,3)10(6-9)18-7-11(20)19-8-14(15,16)17/h9-10,18H,4-8H2,1-3H3,(H,19,20)/t9-,10+,13-/m0/s1. The molecule has 2 rings (SSSR count). The van der Waals surface area contributed by atoms with Crippen LogP contribution < -0.4 is 10.6 Å². The van der Waals surface area contributed by atoms with E-state index in [0.29, 0.717) is 5.92 Å². The molecule has 0 aliphatic heterocycles. The van der Waals surface area contributed by atoms with Gasteiger partial charge in [-0.05, 0) is 36.0 Å². The fourth-order valence-electron chi connectivity index (χ4n) is 3.99. The molecule has 2 aliphatic carbocycles. The average Bonchev–Trinajstić information content (AvgIpc) is 2.65. The lowest BCUT2D eigenvalue weighted by Crippen LogP contribution is -2.48. The molecule has 0 radical (unpaired) electrons. The van der Waals surface area contributed by atoms with E-state index in [9.17, 15) is 18.0 Å². The molecule has 2 fully saturated rings. The summed E-state index contributed by atoms with van der Waals surface area (Å²) < 4.78 is 36.0. The molecular weight excluding hydrogens is 269 g/mol. The van der Waals surface area contributed by atoms with E-state index >= 15 is 0 Å². The molecule has 0 aromatic rings. The quantitative estimate of drug-likeness (QED) is 0.836. The monoisotopic (exact) mass is 292 g/mol. The van der Waals surface area contributed by atoms with E-state index in [4.69, 9.17) is 0 Å². The van der Waals surface area contributed by atoms with Crippen LogP contribution in [0.1, 0.15) is 40.0 Å². The Morgan fingerprint density at radius 1 is 1.30 bits per heavy atom. The Morgan fingerprint density at radius 2 is 1.95 bits per heavy atom. The van der Waals surface area contributed by atoms with Gasteiger partial charge in [0, 0.05) is 6.04 Å². The first-order chi connectivity index (χ1) is 9.06. The van der Waals surface area contributed by atoms with Gasteiger partial charge in [-0.25, -0.2) is 0 Å². The van der Waals surface area contributed by atoms with Crippen LogP contribution in [0.4, 0.5) is 13.2 Å². The van der Waals surface area contributed by atoms with Gasteiger partial charge in [0.1, 0.15) is 6.54 Å². The Hall–Kier alpha value is -0.780. The summed E-state index contributed by atoms with van der Waals surface area (Å²) in [5.41, 5.74) is 0.356. The zero-order valence-electron chi connectivity index (χ0n) is 12.2. The molecule has 2 saturated carbocycles. The van der Waals surface area contributed by atoms with Crippen LogP contribution in [0.25, 0.3) is 0 Å². The predicted molar refractivity (Wildman–Crippen MR) is 70.1 cm³/mol. The number of hydrogen-bond donors (Lipinski definition) is 2. The van der Waals surface area contributed by atoms with Crippen LogP contribution in [0.5, 0.6) is 0 Å². The largest absolute Gasteiger partial charge is 0.405 e. The van der Waals surface area contributed by atoms with Crippen molar-refractivity contribution in [1.82, 2.24) is 10.6 Å². The number of carbonyl (C=O) groups is 1. The summed E-state index contributed by atoms with van der Waals surface area (Å²) in [6.45, 7) is 5.44. The fourth-order valence-corrected chi connectivity index (χ4v) is 3.99. The van der Waals surface area contributed by atoms with Gasteiger partial charge in [0.2, 0.25) is 5.91 Å². The maximum atomic E-state index is 12.0. The van der Waals surface area contributed by atoms with Gasteiger partial charge in [0.15, 0.2) is 0 Å². The summed E-state index contributed by atoms with van der Waals surface area (Å²) in [5.74, 6) is 0.0507. The molecule has 2 N–H and O–H groups in total. The van der Waals surface area contributed by atoms with Crippen molar-refractivity contribution in [1.29, 1.82) is 0 Å². The molecular formula is C14H23F3N2O. The Balaban J connectivity index is 1.83. The number of alkyl halides is 3. The first-order valence-electron chi connectivity index (χ1n) is 7.13. The zero-order valence-corrected chi connectivity index (χ0v) is 12.2. The molecule has 6 heteroatoms. The van der Waals surface area contributed by atoms with Crippen molar-refractivity contribution in [3.05, 3.63) is 0 Å². The van der Waals surface area contributed by atoms with Gasteiger partial charge >= 0.3 is 6.18 Å². The highest BCUT2D eigenvalue weighted by Gasteiger charge is 2.61. The normalized spacial score (nSPS) is 35.3. The second kappa shape index (κ2) is 4.90. The maximum Gasteiger partial charge on any atom is 0.405 e. The lowest BCUT2D eigenvalue weighted by molar-refractivity contribution is -0.138. The van der Waals surface area contributed by atoms with Crippen LogP contribution in [0.3, 0.4) is 0 Å². The van der Waals surface area contributed by atoms with E-state index in [2.05, 4.69) is 26.1 Å².